The average molecular weight is 795 g/mol. The summed E-state index contributed by atoms with van der Waals surface area (Å²) >= 11 is 0. The summed E-state index contributed by atoms with van der Waals surface area (Å²) in [6, 6.07) is 11.8. The lowest BCUT2D eigenvalue weighted by Gasteiger charge is -2.54. The lowest BCUT2D eigenvalue weighted by Crippen LogP contribution is -2.69. The van der Waals surface area contributed by atoms with Gasteiger partial charge in [-0.25, -0.2) is 9.18 Å². The lowest BCUT2D eigenvalue weighted by molar-refractivity contribution is -0.136. The molecule has 0 saturated carbocycles. The summed E-state index contributed by atoms with van der Waals surface area (Å²) in [6.07, 6.45) is 2.66. The van der Waals surface area contributed by atoms with Gasteiger partial charge in [0.1, 0.15) is 6.04 Å². The van der Waals surface area contributed by atoms with Crippen molar-refractivity contribution in [3.8, 4) is 17.0 Å². The molecule has 4 fully saturated rings. The van der Waals surface area contributed by atoms with E-state index in [2.05, 4.69) is 67.3 Å². The van der Waals surface area contributed by atoms with E-state index in [1.54, 1.807) is 11.0 Å². The molecule has 2 aromatic carbocycles. The molecule has 58 heavy (non-hydrogen) atoms. The van der Waals surface area contributed by atoms with Gasteiger partial charge in [-0.3, -0.25) is 24.6 Å². The summed E-state index contributed by atoms with van der Waals surface area (Å²) in [6.45, 7) is 13.5. The van der Waals surface area contributed by atoms with E-state index < -0.39 is 29.1 Å². The van der Waals surface area contributed by atoms with E-state index in [4.69, 9.17) is 0 Å². The summed E-state index contributed by atoms with van der Waals surface area (Å²) in [4.78, 5) is 64.6. The van der Waals surface area contributed by atoms with Crippen LogP contribution in [0.5, 0.6) is 5.75 Å². The number of benzene rings is 2. The van der Waals surface area contributed by atoms with Crippen LogP contribution in [0.1, 0.15) is 62.4 Å². The number of phenolic OH excluding ortho intramolecular Hbond substituents is 1. The quantitative estimate of drug-likeness (QED) is 0.325. The number of anilines is 3. The monoisotopic (exact) mass is 794 g/mol. The van der Waals surface area contributed by atoms with Gasteiger partial charge in [-0.05, 0) is 81.8 Å². The molecular formula is C42H51FN10O5. The number of nitrogens with one attached hydrogen (secondary N) is 2. The molecule has 9 rings (SSSR count). The maximum atomic E-state index is 14.3. The molecule has 0 spiro atoms. The molecule has 16 heteroatoms. The van der Waals surface area contributed by atoms with Crippen LogP contribution in [0.25, 0.3) is 11.3 Å². The van der Waals surface area contributed by atoms with Crippen molar-refractivity contribution in [2.24, 2.45) is 5.92 Å². The average Bonchev–Trinajstić information content (AvgIpc) is 3.53. The van der Waals surface area contributed by atoms with E-state index in [1.165, 1.54) is 12.1 Å². The van der Waals surface area contributed by atoms with Crippen LogP contribution in [0.2, 0.25) is 0 Å². The molecule has 6 aliphatic rings. The van der Waals surface area contributed by atoms with Crippen molar-refractivity contribution >= 4 is 40.9 Å². The van der Waals surface area contributed by atoms with Crippen LogP contribution in [0.3, 0.4) is 0 Å². The number of aromatic hydroxyl groups is 1. The van der Waals surface area contributed by atoms with Crippen LogP contribution in [-0.2, 0) is 16.1 Å². The zero-order chi connectivity index (χ0) is 40.5. The fourth-order valence-electron chi connectivity index (χ4n) is 10.2. The molecule has 3 N–H and O–H groups in total. The van der Waals surface area contributed by atoms with Gasteiger partial charge < -0.3 is 34.9 Å². The Kier molecular flexibility index (Phi) is 9.64. The second-order valence-electron chi connectivity index (χ2n) is 17.3. The number of fused-ring (bicyclic) bond motifs is 4. The first-order valence-electron chi connectivity index (χ1n) is 20.6. The topological polar surface area (TPSA) is 158 Å². The van der Waals surface area contributed by atoms with Crippen LogP contribution in [0.4, 0.5) is 26.4 Å². The first kappa shape index (κ1) is 38.0. The van der Waals surface area contributed by atoms with E-state index in [0.29, 0.717) is 62.1 Å². The SMILES string of the molecule is C[C@@H]1CN(CC2CCN(c3ccc4c(c3)C(=O)N([C@H]3CCC(=O)NC3=O)C4)CC2)C[C@H](C)N1C(=O)N1CCN2c3cc(-c4cccc(F)c4O)nnc3NC[C@@]2(C)C1. The Morgan fingerprint density at radius 1 is 0.966 bits per heavy atom. The van der Waals surface area contributed by atoms with Gasteiger partial charge in [-0.1, -0.05) is 12.1 Å². The summed E-state index contributed by atoms with van der Waals surface area (Å²) < 4.78 is 14.2. The Hall–Kier alpha value is -5.51. The Morgan fingerprint density at radius 2 is 1.74 bits per heavy atom. The van der Waals surface area contributed by atoms with Crippen molar-refractivity contribution in [1.82, 2.24) is 35.1 Å². The highest BCUT2D eigenvalue weighted by atomic mass is 19.1. The molecule has 5 amide bonds. The fraction of sp³-hybridized carbons (Fsp3) is 0.524. The predicted octanol–water partition coefficient (Wildman–Crippen LogP) is 3.49. The first-order valence-corrected chi connectivity index (χ1v) is 20.6. The number of piperazine rings is 2. The number of halogens is 1. The minimum Gasteiger partial charge on any atom is -0.504 e. The van der Waals surface area contributed by atoms with E-state index in [9.17, 15) is 28.7 Å². The number of hydrogen-bond acceptors (Lipinski definition) is 11. The maximum absolute atomic E-state index is 14.3. The predicted molar refractivity (Wildman–Crippen MR) is 215 cm³/mol. The summed E-state index contributed by atoms with van der Waals surface area (Å²) in [5.41, 5.74) is 3.64. The molecule has 0 radical (unpaired) electrons. The smallest absolute Gasteiger partial charge is 0.320 e. The second-order valence-corrected chi connectivity index (χ2v) is 17.3. The highest BCUT2D eigenvalue weighted by Crippen LogP contribution is 2.41. The highest BCUT2D eigenvalue weighted by Gasteiger charge is 2.46. The Morgan fingerprint density at radius 3 is 2.50 bits per heavy atom. The van der Waals surface area contributed by atoms with Crippen molar-refractivity contribution in [3.05, 3.63) is 59.4 Å². The number of para-hydroxylation sites is 1. The molecule has 306 valence electrons. The van der Waals surface area contributed by atoms with Gasteiger partial charge in [0.2, 0.25) is 11.8 Å². The van der Waals surface area contributed by atoms with Crippen molar-refractivity contribution in [1.29, 1.82) is 0 Å². The number of amides is 5. The highest BCUT2D eigenvalue weighted by molar-refractivity contribution is 6.05. The standard InChI is InChI=1S/C42H51FN10O5/c1-25-19-48(21-27-11-13-49(14-12-27)29-8-7-28-22-51(40(57)31(28)17-29)34-9-10-36(54)45-39(34)56)20-26(2)53(25)41(58)50-15-16-52-35-18-33(30-5-4-6-32(43)37(30)55)46-47-38(35)44-23-42(52,3)24-50/h4-8,17-18,25-27,34,55H,9-16,19-24H2,1-3H3,(H,44,47)(H,45,54,56)/t25-,26+,34-,42-/m0/s1. The third-order valence-electron chi connectivity index (χ3n) is 13.2. The molecule has 4 atom stereocenters. The van der Waals surface area contributed by atoms with Gasteiger partial charge in [-0.15, -0.1) is 10.2 Å². The van der Waals surface area contributed by atoms with Gasteiger partial charge in [0.05, 0.1) is 16.9 Å². The molecule has 0 bridgehead atoms. The minimum absolute atomic E-state index is 0.0489. The molecule has 6 aliphatic heterocycles. The zero-order valence-corrected chi connectivity index (χ0v) is 33.3. The number of rotatable bonds is 5. The molecule has 3 aromatic rings. The maximum Gasteiger partial charge on any atom is 0.320 e. The number of carbonyl (C=O) groups is 4. The number of hydrogen-bond donors (Lipinski definition) is 3. The summed E-state index contributed by atoms with van der Waals surface area (Å²) in [7, 11) is 0. The lowest BCUT2D eigenvalue weighted by atomic mass is 9.92. The first-order chi connectivity index (χ1) is 27.9. The van der Waals surface area contributed by atoms with Gasteiger partial charge in [0.25, 0.3) is 5.91 Å². The van der Waals surface area contributed by atoms with Crippen LogP contribution in [0.15, 0.2) is 42.5 Å². The van der Waals surface area contributed by atoms with Crippen molar-refractivity contribution in [3.63, 3.8) is 0 Å². The molecule has 1 aromatic heterocycles. The minimum atomic E-state index is -0.714. The van der Waals surface area contributed by atoms with Crippen LogP contribution >= 0.6 is 0 Å². The number of aromatic nitrogens is 2. The van der Waals surface area contributed by atoms with E-state index in [0.717, 1.165) is 62.5 Å². The largest absolute Gasteiger partial charge is 0.504 e. The second kappa shape index (κ2) is 14.7. The normalized spacial score (nSPS) is 26.6. The third kappa shape index (κ3) is 6.74. The number of phenols is 1. The number of imide groups is 1. The number of carbonyl (C=O) groups excluding carboxylic acids is 4. The number of urea groups is 1. The van der Waals surface area contributed by atoms with E-state index >= 15 is 0 Å². The molecule has 0 unspecified atom stereocenters. The van der Waals surface area contributed by atoms with Crippen molar-refractivity contribution < 1.29 is 28.7 Å². The fourth-order valence-corrected chi connectivity index (χ4v) is 10.2. The van der Waals surface area contributed by atoms with Gasteiger partial charge >= 0.3 is 6.03 Å². The number of nitrogens with zero attached hydrogens (tertiary/aromatic N) is 8. The van der Waals surface area contributed by atoms with Crippen LogP contribution < -0.4 is 20.4 Å². The zero-order valence-electron chi connectivity index (χ0n) is 33.3. The van der Waals surface area contributed by atoms with Gasteiger partial charge in [0, 0.05) is 101 Å². The van der Waals surface area contributed by atoms with Gasteiger partial charge in [0.15, 0.2) is 17.4 Å². The number of piperidine rings is 2. The Labute approximate surface area is 337 Å². The molecule has 15 nitrogen and oxygen atoms in total. The van der Waals surface area contributed by atoms with Gasteiger partial charge in [-0.2, -0.15) is 0 Å². The third-order valence-corrected chi connectivity index (χ3v) is 13.2. The molecule has 7 heterocycles. The Balaban J connectivity index is 0.783. The van der Waals surface area contributed by atoms with E-state index in [1.807, 2.05) is 23.1 Å². The van der Waals surface area contributed by atoms with Crippen molar-refractivity contribution in [2.45, 2.75) is 76.7 Å². The molecule has 0 aliphatic carbocycles. The molecule has 4 saturated heterocycles. The van der Waals surface area contributed by atoms with E-state index in [-0.39, 0.29) is 41.9 Å². The summed E-state index contributed by atoms with van der Waals surface area (Å²) in [5.74, 6) is -0.847. The summed E-state index contributed by atoms with van der Waals surface area (Å²) in [5, 5.41) is 24.8. The van der Waals surface area contributed by atoms with Crippen LogP contribution in [0, 0.1) is 11.7 Å². The van der Waals surface area contributed by atoms with Crippen molar-refractivity contribution in [2.75, 3.05) is 74.0 Å². The van der Waals surface area contributed by atoms with Crippen LogP contribution in [-0.4, -0.2) is 141 Å². The molecular weight excluding hydrogens is 744 g/mol. The Bertz CT molecular complexity index is 2150.